The fourth-order valence-corrected chi connectivity index (χ4v) is 9.78. The molecule has 1 amide bonds. The van der Waals surface area contributed by atoms with E-state index in [1.807, 2.05) is 6.08 Å². The molecule has 0 spiro atoms. The van der Waals surface area contributed by atoms with Crippen molar-refractivity contribution in [3.8, 4) is 0 Å². The number of ether oxygens (including phenoxy) is 2. The zero-order valence-electron chi connectivity index (χ0n) is 44.1. The molecule has 1 aliphatic rings. The number of carbonyl (C=O) groups is 1. The first-order valence-electron chi connectivity index (χ1n) is 28.7. The summed E-state index contributed by atoms with van der Waals surface area (Å²) in [7, 11) is -5.09. The summed E-state index contributed by atoms with van der Waals surface area (Å²) in [6, 6.07) is -0.945. The lowest BCUT2D eigenvalue weighted by molar-refractivity contribution is -0.298. The first-order valence-corrected chi connectivity index (χ1v) is 30.1. The van der Waals surface area contributed by atoms with Crippen molar-refractivity contribution in [1.29, 1.82) is 0 Å². The molecule has 1 fully saturated rings. The minimum Gasteiger partial charge on any atom is -0.394 e. The van der Waals surface area contributed by atoms with Crippen molar-refractivity contribution in [1.82, 2.24) is 5.32 Å². The SMILES string of the molecule is CCCCCCCC/C=C\CCCCCCCCCC(=O)NC(COC1OC(CO)C(O)C(OS(=O)(=O)O)C1O)C(O)/C=C/CCCCCCCCCCCCCCCCCCCCCCCCC. The number of aliphatic hydroxyl groups excluding tert-OH is 4. The van der Waals surface area contributed by atoms with E-state index in [-0.39, 0.29) is 18.9 Å². The Labute approximate surface area is 422 Å². The van der Waals surface area contributed by atoms with E-state index in [9.17, 15) is 38.2 Å². The van der Waals surface area contributed by atoms with Gasteiger partial charge in [-0.25, -0.2) is 4.18 Å². The number of hydrogen-bond acceptors (Lipinski definition) is 10. The maximum absolute atomic E-state index is 13.1. The number of allylic oxidation sites excluding steroid dienone is 3. The van der Waals surface area contributed by atoms with Crippen molar-refractivity contribution in [2.75, 3.05) is 13.2 Å². The lowest BCUT2D eigenvalue weighted by Crippen LogP contribution is -2.61. The van der Waals surface area contributed by atoms with Crippen LogP contribution in [-0.2, 0) is 28.9 Å². The summed E-state index contributed by atoms with van der Waals surface area (Å²) in [6.07, 6.45) is 47.9. The van der Waals surface area contributed by atoms with Gasteiger partial charge in [0, 0.05) is 6.42 Å². The van der Waals surface area contributed by atoms with Gasteiger partial charge in [0.15, 0.2) is 6.29 Å². The average molecular weight is 1000 g/mol. The molecule has 1 heterocycles. The highest BCUT2D eigenvalue weighted by Crippen LogP contribution is 2.26. The highest BCUT2D eigenvalue weighted by atomic mass is 32.3. The van der Waals surface area contributed by atoms with Gasteiger partial charge in [0.2, 0.25) is 5.91 Å². The van der Waals surface area contributed by atoms with Crippen molar-refractivity contribution >= 4 is 16.3 Å². The molecule has 1 saturated heterocycles. The van der Waals surface area contributed by atoms with Gasteiger partial charge in [-0.15, -0.1) is 0 Å². The van der Waals surface area contributed by atoms with Gasteiger partial charge in [0.25, 0.3) is 0 Å². The van der Waals surface area contributed by atoms with Gasteiger partial charge < -0.3 is 35.2 Å². The number of nitrogens with one attached hydrogen (secondary N) is 1. The summed E-state index contributed by atoms with van der Waals surface area (Å²) in [5.74, 6) is -0.264. The van der Waals surface area contributed by atoms with Crippen molar-refractivity contribution < 1.29 is 51.8 Å². The van der Waals surface area contributed by atoms with E-state index in [2.05, 4.69) is 35.5 Å². The first-order chi connectivity index (χ1) is 33.5. The Morgan fingerprint density at radius 2 is 0.928 bits per heavy atom. The van der Waals surface area contributed by atoms with Crippen LogP contribution in [0.1, 0.15) is 271 Å². The molecule has 13 heteroatoms. The highest BCUT2D eigenvalue weighted by Gasteiger charge is 2.48. The van der Waals surface area contributed by atoms with Crippen LogP contribution < -0.4 is 5.32 Å². The number of hydrogen-bond donors (Lipinski definition) is 6. The monoisotopic (exact) mass is 1000 g/mol. The van der Waals surface area contributed by atoms with Crippen LogP contribution in [0.15, 0.2) is 24.3 Å². The third-order valence-corrected chi connectivity index (χ3v) is 14.2. The second kappa shape index (κ2) is 46.4. The first kappa shape index (κ1) is 65.6. The van der Waals surface area contributed by atoms with Crippen LogP contribution in [0.25, 0.3) is 0 Å². The zero-order chi connectivity index (χ0) is 50.5. The topological polar surface area (TPSA) is 192 Å². The van der Waals surface area contributed by atoms with Gasteiger partial charge in [-0.1, -0.05) is 244 Å². The van der Waals surface area contributed by atoms with E-state index in [0.29, 0.717) is 6.42 Å². The number of rotatable bonds is 50. The summed E-state index contributed by atoms with van der Waals surface area (Å²) >= 11 is 0. The lowest BCUT2D eigenvalue weighted by atomic mass is 9.99. The second-order valence-corrected chi connectivity index (χ2v) is 21.3. The fraction of sp³-hybridized carbons (Fsp3) is 0.911. The van der Waals surface area contributed by atoms with E-state index in [1.165, 1.54) is 199 Å². The van der Waals surface area contributed by atoms with E-state index < -0.39 is 59.9 Å². The number of carbonyl (C=O) groups excluding carboxylic acids is 1. The molecule has 408 valence electrons. The summed E-state index contributed by atoms with van der Waals surface area (Å²) in [5, 5.41) is 44.9. The summed E-state index contributed by atoms with van der Waals surface area (Å²) in [6.45, 7) is 3.42. The lowest BCUT2D eigenvalue weighted by Gasteiger charge is -2.41. The van der Waals surface area contributed by atoms with E-state index in [0.717, 1.165) is 44.9 Å². The fourth-order valence-electron chi connectivity index (χ4n) is 9.28. The maximum Gasteiger partial charge on any atom is 0.397 e. The molecule has 69 heavy (non-hydrogen) atoms. The molecule has 0 aromatic carbocycles. The molecule has 0 radical (unpaired) electrons. The minimum atomic E-state index is -5.09. The molecule has 1 rings (SSSR count). The second-order valence-electron chi connectivity index (χ2n) is 20.2. The molecule has 0 aromatic heterocycles. The molecule has 7 unspecified atom stereocenters. The summed E-state index contributed by atoms with van der Waals surface area (Å²) in [4.78, 5) is 13.1. The van der Waals surface area contributed by atoms with Crippen LogP contribution in [-0.4, -0.2) is 95.4 Å². The van der Waals surface area contributed by atoms with Crippen LogP contribution in [0.3, 0.4) is 0 Å². The van der Waals surface area contributed by atoms with Gasteiger partial charge in [0.1, 0.15) is 24.4 Å². The average Bonchev–Trinajstić information content (AvgIpc) is 3.32. The molecule has 1 aliphatic heterocycles. The Kier molecular flexibility index (Phi) is 44.1. The van der Waals surface area contributed by atoms with Crippen molar-refractivity contribution in [2.45, 2.75) is 314 Å². The van der Waals surface area contributed by atoms with Crippen LogP contribution in [0, 0.1) is 0 Å². The molecule has 6 N–H and O–H groups in total. The standard InChI is InChI=1S/C56H107NO11S/c1-3-5-7-9-11-13-15-17-19-21-22-23-24-25-26-27-28-30-31-33-35-37-39-41-43-45-50(59)49(48-66-56-54(62)55(68-69(63,64)65)53(61)51(47-58)67-56)57-52(60)46-44-42-40-38-36-34-32-29-20-18-16-14-12-10-8-6-4-2/h18,20,43,45,49-51,53-56,58-59,61-62H,3-17,19,21-42,44,46-48H2,1-2H3,(H,57,60)(H,63,64,65)/b20-18-,45-43+. The highest BCUT2D eigenvalue weighted by molar-refractivity contribution is 7.80. The molecule has 0 saturated carbocycles. The Morgan fingerprint density at radius 1 is 0.565 bits per heavy atom. The van der Waals surface area contributed by atoms with Gasteiger partial charge in [-0.3, -0.25) is 9.35 Å². The molecular formula is C56H107NO11S. The van der Waals surface area contributed by atoms with Crippen molar-refractivity contribution in [2.24, 2.45) is 0 Å². The van der Waals surface area contributed by atoms with Crippen LogP contribution >= 0.6 is 0 Å². The van der Waals surface area contributed by atoms with E-state index in [4.69, 9.17) is 9.47 Å². The third kappa shape index (κ3) is 38.8. The predicted molar refractivity (Wildman–Crippen MR) is 282 cm³/mol. The largest absolute Gasteiger partial charge is 0.397 e. The van der Waals surface area contributed by atoms with E-state index >= 15 is 0 Å². The predicted octanol–water partition coefficient (Wildman–Crippen LogP) is 13.2. The molecule has 0 bridgehead atoms. The molecule has 7 atom stereocenters. The van der Waals surface area contributed by atoms with Gasteiger partial charge >= 0.3 is 10.4 Å². The third-order valence-electron chi connectivity index (χ3n) is 13.7. The Balaban J connectivity index is 2.37. The normalized spacial score (nSPS) is 19.8. The molecule has 12 nitrogen and oxygen atoms in total. The minimum absolute atomic E-state index is 0.264. The van der Waals surface area contributed by atoms with Crippen molar-refractivity contribution in [3.63, 3.8) is 0 Å². The Bertz CT molecular complexity index is 1320. The summed E-state index contributed by atoms with van der Waals surface area (Å²) < 4.78 is 47.8. The smallest absolute Gasteiger partial charge is 0.394 e. The van der Waals surface area contributed by atoms with Crippen LogP contribution in [0.2, 0.25) is 0 Å². The molecule has 0 aromatic rings. The number of aliphatic hydroxyl groups is 4. The van der Waals surface area contributed by atoms with Gasteiger partial charge in [0.05, 0.1) is 25.4 Å². The molecule has 0 aliphatic carbocycles. The maximum atomic E-state index is 13.1. The Hall–Kier alpha value is -1.42. The summed E-state index contributed by atoms with van der Waals surface area (Å²) in [5.41, 5.74) is 0. The molecular weight excluding hydrogens is 895 g/mol. The number of unbranched alkanes of at least 4 members (excludes halogenated alkanes) is 36. The quantitative estimate of drug-likeness (QED) is 0.0193. The van der Waals surface area contributed by atoms with Crippen LogP contribution in [0.5, 0.6) is 0 Å². The van der Waals surface area contributed by atoms with Gasteiger partial charge in [-0.05, 0) is 44.9 Å². The number of amides is 1. The Morgan fingerprint density at radius 3 is 1.30 bits per heavy atom. The van der Waals surface area contributed by atoms with E-state index in [1.54, 1.807) is 6.08 Å². The van der Waals surface area contributed by atoms with Crippen LogP contribution in [0.4, 0.5) is 0 Å². The van der Waals surface area contributed by atoms with Gasteiger partial charge in [-0.2, -0.15) is 8.42 Å². The van der Waals surface area contributed by atoms with Crippen molar-refractivity contribution in [3.05, 3.63) is 24.3 Å². The zero-order valence-corrected chi connectivity index (χ0v) is 45.0.